The summed E-state index contributed by atoms with van der Waals surface area (Å²) in [5.74, 6) is -1.78. The molecule has 1 atom stereocenters. The Kier molecular flexibility index (Phi) is 11.5. The van der Waals surface area contributed by atoms with Crippen LogP contribution in [-0.2, 0) is 9.53 Å². The Labute approximate surface area is 270 Å². The Balaban J connectivity index is 1.58. The summed E-state index contributed by atoms with van der Waals surface area (Å²) in [5, 5.41) is 14.4. The van der Waals surface area contributed by atoms with E-state index in [-0.39, 0.29) is 72.6 Å². The molecule has 2 aromatic rings. The fourth-order valence-electron chi connectivity index (χ4n) is 4.72. The van der Waals surface area contributed by atoms with Crippen LogP contribution in [-0.4, -0.2) is 94.9 Å². The molecular weight excluding hydrogens is 624 g/mol. The zero-order chi connectivity index (χ0) is 34.3. The summed E-state index contributed by atoms with van der Waals surface area (Å²) in [4.78, 5) is 57.3. The molecule has 0 bridgehead atoms. The van der Waals surface area contributed by atoms with Gasteiger partial charge in [-0.25, -0.2) is 14.6 Å². The monoisotopic (exact) mass is 665 g/mol. The van der Waals surface area contributed by atoms with Gasteiger partial charge < -0.3 is 44.2 Å². The quantitative estimate of drug-likeness (QED) is 0.253. The van der Waals surface area contributed by atoms with Gasteiger partial charge in [-0.1, -0.05) is 0 Å². The van der Waals surface area contributed by atoms with E-state index >= 15 is 0 Å². The maximum absolute atomic E-state index is 13.8. The predicted molar refractivity (Wildman–Crippen MR) is 162 cm³/mol. The van der Waals surface area contributed by atoms with E-state index in [0.29, 0.717) is 25.9 Å². The second kappa shape index (κ2) is 15.3. The molecule has 0 unspecified atom stereocenters. The number of urea groups is 1. The molecule has 2 aliphatic rings. The fourth-order valence-corrected chi connectivity index (χ4v) is 4.72. The third kappa shape index (κ3) is 10.4. The molecule has 0 spiro atoms. The van der Waals surface area contributed by atoms with Crippen molar-refractivity contribution in [1.29, 1.82) is 0 Å². The largest absolute Gasteiger partial charge is 0.490 e. The van der Waals surface area contributed by atoms with E-state index in [0.717, 1.165) is 12.8 Å². The Morgan fingerprint density at radius 3 is 2.36 bits per heavy atom. The van der Waals surface area contributed by atoms with E-state index in [4.69, 9.17) is 19.0 Å². The van der Waals surface area contributed by atoms with Gasteiger partial charge in [0, 0.05) is 44.2 Å². The van der Waals surface area contributed by atoms with E-state index in [9.17, 15) is 28.0 Å². The lowest BCUT2D eigenvalue weighted by molar-refractivity contribution is -0.137. The van der Waals surface area contributed by atoms with Gasteiger partial charge in [0.2, 0.25) is 5.89 Å². The van der Waals surface area contributed by atoms with Crippen LogP contribution >= 0.6 is 0 Å². The van der Waals surface area contributed by atoms with Gasteiger partial charge in [0.1, 0.15) is 5.60 Å². The van der Waals surface area contributed by atoms with Crippen LogP contribution in [0.4, 0.5) is 18.4 Å². The van der Waals surface area contributed by atoms with Gasteiger partial charge in [0.25, 0.3) is 5.91 Å². The number of alkyl carbamates (subject to hydrolysis) is 1. The summed E-state index contributed by atoms with van der Waals surface area (Å²) in [7, 11) is 0. The number of alkyl halides is 2. The molecule has 2 fully saturated rings. The maximum atomic E-state index is 13.8. The second-order valence-corrected chi connectivity index (χ2v) is 12.3. The first-order valence-electron chi connectivity index (χ1n) is 15.5. The number of carbonyl (C=O) groups is 4. The lowest BCUT2D eigenvalue weighted by atomic mass is 10.1. The first-order chi connectivity index (χ1) is 22.2. The van der Waals surface area contributed by atoms with Gasteiger partial charge in [-0.3, -0.25) is 9.59 Å². The van der Waals surface area contributed by atoms with Crippen molar-refractivity contribution in [1.82, 2.24) is 25.4 Å². The van der Waals surface area contributed by atoms with Crippen LogP contribution in [0.2, 0.25) is 0 Å². The van der Waals surface area contributed by atoms with Crippen LogP contribution < -0.4 is 20.1 Å². The second-order valence-electron chi connectivity index (χ2n) is 12.3. The molecule has 1 saturated heterocycles. The Hall–Kier alpha value is -4.63. The van der Waals surface area contributed by atoms with Gasteiger partial charge >= 0.3 is 24.7 Å². The number of benzene rings is 1. The Bertz CT molecular complexity index is 1430. The first-order valence-corrected chi connectivity index (χ1v) is 15.5. The molecule has 1 aliphatic heterocycles. The van der Waals surface area contributed by atoms with Crippen LogP contribution in [0.15, 0.2) is 22.6 Å². The average Bonchev–Trinajstić information content (AvgIpc) is 3.69. The number of hydrogen-bond donors (Lipinski definition) is 3. The molecule has 2 heterocycles. The number of nitrogens with zero attached hydrogens (tertiary/aromatic N) is 3. The summed E-state index contributed by atoms with van der Waals surface area (Å²) >= 11 is 0. The van der Waals surface area contributed by atoms with Gasteiger partial charge in [0.15, 0.2) is 23.0 Å². The Morgan fingerprint density at radius 2 is 1.74 bits per heavy atom. The van der Waals surface area contributed by atoms with Gasteiger partial charge in [-0.15, -0.1) is 0 Å². The normalized spacial score (nSPS) is 15.6. The maximum Gasteiger partial charge on any atom is 0.408 e. The molecule has 258 valence electrons. The minimum atomic E-state index is -3.13. The number of piperazine rings is 1. The zero-order valence-corrected chi connectivity index (χ0v) is 26.8. The highest BCUT2D eigenvalue weighted by molar-refractivity contribution is 5.94. The number of unbranched alkanes of at least 4 members (excludes halogenated alkanes) is 1. The van der Waals surface area contributed by atoms with Crippen molar-refractivity contribution in [2.45, 2.75) is 84.1 Å². The predicted octanol–water partition coefficient (Wildman–Crippen LogP) is 4.79. The van der Waals surface area contributed by atoms with Crippen molar-refractivity contribution < 1.29 is 51.7 Å². The molecule has 0 radical (unpaired) electrons. The zero-order valence-electron chi connectivity index (χ0n) is 26.8. The fraction of sp³-hybridized carbons (Fsp3) is 0.581. The van der Waals surface area contributed by atoms with E-state index in [2.05, 4.69) is 20.4 Å². The number of carbonyl (C=O) groups excluding carboxylic acids is 3. The summed E-state index contributed by atoms with van der Waals surface area (Å²) < 4.78 is 47.9. The molecule has 1 aromatic heterocycles. The van der Waals surface area contributed by atoms with Crippen molar-refractivity contribution in [3.8, 4) is 23.0 Å². The van der Waals surface area contributed by atoms with E-state index in [1.54, 1.807) is 32.6 Å². The van der Waals surface area contributed by atoms with E-state index < -0.39 is 36.2 Å². The highest BCUT2D eigenvalue weighted by atomic mass is 19.3. The number of halogens is 2. The van der Waals surface area contributed by atoms with Crippen LogP contribution in [0.25, 0.3) is 11.5 Å². The van der Waals surface area contributed by atoms with Crippen LogP contribution in [0, 0.1) is 0 Å². The molecule has 47 heavy (non-hydrogen) atoms. The number of aliphatic carboxylic acids is 1. The number of amides is 4. The molecule has 4 amide bonds. The average molecular weight is 666 g/mol. The third-order valence-electron chi connectivity index (χ3n) is 7.19. The summed E-state index contributed by atoms with van der Waals surface area (Å²) in [6, 6.07) is 3.18. The molecule has 1 aromatic carbocycles. The minimum absolute atomic E-state index is 0.0262. The number of hydrogen-bond acceptors (Lipinski definition) is 9. The summed E-state index contributed by atoms with van der Waals surface area (Å²) in [6.45, 7) is 4.72. The molecule has 4 rings (SSSR count). The standard InChI is InChI=1S/C31H41F2N5O9/c1-18(34-30(43)47-31(2,3)4)25-24(27(41)37-12-14-38(15-13-37)29(42)35-20-9-10-20)36-26(46-25)19-8-11-21(45-28(32)33)22(17-19)44-16-6-5-7-23(39)40/h8,11,17-18,20,28H,5-7,9-10,12-16H2,1-4H3,(H,34,43)(H,35,42)(H,39,40)/t18-/m0/s1. The van der Waals surface area contributed by atoms with E-state index in [1.165, 1.54) is 23.1 Å². The van der Waals surface area contributed by atoms with Crippen molar-refractivity contribution in [3.05, 3.63) is 29.7 Å². The molecular formula is C31H41F2N5O9. The molecule has 1 saturated carbocycles. The summed E-state index contributed by atoms with van der Waals surface area (Å²) in [5.41, 5.74) is -0.603. The van der Waals surface area contributed by atoms with Crippen molar-refractivity contribution in [3.63, 3.8) is 0 Å². The van der Waals surface area contributed by atoms with Crippen molar-refractivity contribution in [2.24, 2.45) is 0 Å². The number of nitrogens with one attached hydrogen (secondary N) is 2. The number of carboxylic acid groups (broad SMARTS) is 1. The smallest absolute Gasteiger partial charge is 0.408 e. The van der Waals surface area contributed by atoms with Crippen LogP contribution in [0.1, 0.15) is 82.1 Å². The molecule has 3 N–H and O–H groups in total. The Morgan fingerprint density at radius 1 is 1.06 bits per heavy atom. The van der Waals surface area contributed by atoms with Crippen LogP contribution in [0.5, 0.6) is 11.5 Å². The SMILES string of the molecule is C[C@H](NC(=O)OC(C)(C)C)c1oc(-c2ccc(OC(F)F)c(OCCCCC(=O)O)c2)nc1C(=O)N1CCN(C(=O)NC2CC2)CC1. The highest BCUT2D eigenvalue weighted by Crippen LogP contribution is 2.35. The minimum Gasteiger partial charge on any atom is -0.490 e. The topological polar surface area (TPSA) is 173 Å². The number of oxazole rings is 1. The number of aromatic nitrogens is 1. The van der Waals surface area contributed by atoms with E-state index in [1.807, 2.05) is 0 Å². The number of carboxylic acids is 1. The van der Waals surface area contributed by atoms with Gasteiger partial charge in [0.05, 0.1) is 12.6 Å². The van der Waals surface area contributed by atoms with Crippen LogP contribution in [0.3, 0.4) is 0 Å². The molecule has 16 heteroatoms. The molecule has 1 aliphatic carbocycles. The van der Waals surface area contributed by atoms with Gasteiger partial charge in [-0.05, 0) is 71.6 Å². The summed E-state index contributed by atoms with van der Waals surface area (Å²) in [6.07, 6.45) is 1.76. The van der Waals surface area contributed by atoms with Crippen molar-refractivity contribution >= 4 is 24.0 Å². The lowest BCUT2D eigenvalue weighted by Gasteiger charge is -2.34. The van der Waals surface area contributed by atoms with Gasteiger partial charge in [-0.2, -0.15) is 8.78 Å². The first kappa shape index (κ1) is 35.2. The number of rotatable bonds is 13. The van der Waals surface area contributed by atoms with Crippen molar-refractivity contribution in [2.75, 3.05) is 32.8 Å². The highest BCUT2D eigenvalue weighted by Gasteiger charge is 2.33. The lowest BCUT2D eigenvalue weighted by Crippen LogP contribution is -2.53. The number of ether oxygens (including phenoxy) is 3. The third-order valence-corrected chi connectivity index (χ3v) is 7.19. The molecule has 14 nitrogen and oxygen atoms in total.